The Morgan fingerprint density at radius 3 is 1.63 bits per heavy atom. The SMILES string of the molecule is CNc1ccc(C=C2CCCC(=Cc3ccc(NC)c(Br)c3)C2=O)cc1Br. The molecule has 0 atom stereocenters. The van der Waals surface area contributed by atoms with Gasteiger partial charge in [-0.2, -0.15) is 0 Å². The van der Waals surface area contributed by atoms with Gasteiger partial charge in [-0.25, -0.2) is 0 Å². The van der Waals surface area contributed by atoms with E-state index in [-0.39, 0.29) is 5.78 Å². The first-order valence-corrected chi connectivity index (χ1v) is 10.5. The van der Waals surface area contributed by atoms with Crippen molar-refractivity contribution in [1.82, 2.24) is 0 Å². The average molecular weight is 490 g/mol. The highest BCUT2D eigenvalue weighted by Gasteiger charge is 2.20. The normalized spacial score (nSPS) is 17.4. The first-order valence-electron chi connectivity index (χ1n) is 8.92. The topological polar surface area (TPSA) is 41.1 Å². The minimum atomic E-state index is 0.156. The summed E-state index contributed by atoms with van der Waals surface area (Å²) in [7, 11) is 3.78. The molecule has 0 heterocycles. The quantitative estimate of drug-likeness (QED) is 0.480. The van der Waals surface area contributed by atoms with Gasteiger partial charge in [-0.15, -0.1) is 0 Å². The first kappa shape index (κ1) is 19.9. The molecule has 0 bridgehead atoms. The highest BCUT2D eigenvalue weighted by molar-refractivity contribution is 9.11. The van der Waals surface area contributed by atoms with Crippen LogP contribution in [0.3, 0.4) is 0 Å². The summed E-state index contributed by atoms with van der Waals surface area (Å²) in [6, 6.07) is 12.2. The summed E-state index contributed by atoms with van der Waals surface area (Å²) in [6.07, 6.45) is 6.67. The second-order valence-electron chi connectivity index (χ2n) is 6.50. The molecule has 0 spiro atoms. The van der Waals surface area contributed by atoms with Crippen LogP contribution in [0.5, 0.6) is 0 Å². The molecule has 0 aliphatic heterocycles. The van der Waals surface area contributed by atoms with Gasteiger partial charge in [-0.3, -0.25) is 4.79 Å². The fourth-order valence-corrected chi connectivity index (χ4v) is 4.42. The third kappa shape index (κ3) is 4.71. The van der Waals surface area contributed by atoms with E-state index in [1.54, 1.807) is 0 Å². The monoisotopic (exact) mass is 488 g/mol. The largest absolute Gasteiger partial charge is 0.387 e. The summed E-state index contributed by atoms with van der Waals surface area (Å²) >= 11 is 7.13. The molecule has 0 unspecified atom stereocenters. The molecular weight excluding hydrogens is 468 g/mol. The van der Waals surface area contributed by atoms with Gasteiger partial charge in [0.25, 0.3) is 0 Å². The Bertz CT molecular complexity index is 858. The molecule has 1 aliphatic carbocycles. The van der Waals surface area contributed by atoms with Crippen LogP contribution in [-0.2, 0) is 4.79 Å². The van der Waals surface area contributed by atoms with Crippen molar-refractivity contribution < 1.29 is 4.79 Å². The maximum atomic E-state index is 13.0. The minimum Gasteiger partial charge on any atom is -0.387 e. The molecule has 3 nitrogen and oxygen atoms in total. The molecule has 1 saturated carbocycles. The number of nitrogens with one attached hydrogen (secondary N) is 2. The molecular formula is C22H22Br2N2O. The number of carbonyl (C=O) groups is 1. The number of hydrogen-bond acceptors (Lipinski definition) is 3. The maximum absolute atomic E-state index is 13.0. The van der Waals surface area contributed by atoms with E-state index in [9.17, 15) is 4.79 Å². The van der Waals surface area contributed by atoms with Gasteiger partial charge >= 0.3 is 0 Å². The fourth-order valence-electron chi connectivity index (χ4n) is 3.23. The number of halogens is 2. The molecule has 3 rings (SSSR count). The standard InChI is InChI=1S/C22H22Br2N2O/c1-25-20-8-6-14(12-18(20)23)10-16-4-3-5-17(22(16)27)11-15-7-9-21(26-2)19(24)13-15/h6-13,25-26H,3-5H2,1-2H3. The molecule has 0 radical (unpaired) electrons. The van der Waals surface area contributed by atoms with Gasteiger partial charge in [0.1, 0.15) is 0 Å². The molecule has 1 aliphatic rings. The summed E-state index contributed by atoms with van der Waals surface area (Å²) in [5.41, 5.74) is 5.88. The molecule has 0 amide bonds. The van der Waals surface area contributed by atoms with Crippen LogP contribution < -0.4 is 10.6 Å². The van der Waals surface area contributed by atoms with Gasteiger partial charge in [0.15, 0.2) is 5.78 Å². The Kier molecular flexibility index (Phi) is 6.55. The molecule has 27 heavy (non-hydrogen) atoms. The van der Waals surface area contributed by atoms with Crippen LogP contribution in [0.1, 0.15) is 30.4 Å². The number of allylic oxidation sites excluding steroid dienone is 2. The third-order valence-corrected chi connectivity index (χ3v) is 5.99. The van der Waals surface area contributed by atoms with E-state index in [0.717, 1.165) is 61.9 Å². The van der Waals surface area contributed by atoms with Crippen LogP contribution in [0.15, 0.2) is 56.5 Å². The van der Waals surface area contributed by atoms with E-state index in [1.807, 2.05) is 62.6 Å². The van der Waals surface area contributed by atoms with Gasteiger partial charge in [-0.1, -0.05) is 12.1 Å². The first-order chi connectivity index (χ1) is 13.0. The number of rotatable bonds is 4. The summed E-state index contributed by atoms with van der Waals surface area (Å²) in [5.74, 6) is 0.156. The molecule has 5 heteroatoms. The average Bonchev–Trinajstić information content (AvgIpc) is 2.65. The summed E-state index contributed by atoms with van der Waals surface area (Å²) < 4.78 is 1.99. The lowest BCUT2D eigenvalue weighted by Crippen LogP contribution is -2.12. The maximum Gasteiger partial charge on any atom is 0.185 e. The van der Waals surface area contributed by atoms with Crippen LogP contribution in [-0.4, -0.2) is 19.9 Å². The van der Waals surface area contributed by atoms with Crippen LogP contribution in [0.4, 0.5) is 11.4 Å². The lowest BCUT2D eigenvalue weighted by Gasteiger charge is -2.17. The van der Waals surface area contributed by atoms with Gasteiger partial charge < -0.3 is 10.6 Å². The van der Waals surface area contributed by atoms with Crippen molar-refractivity contribution in [2.24, 2.45) is 0 Å². The third-order valence-electron chi connectivity index (χ3n) is 4.68. The second kappa shape index (κ2) is 8.89. The highest BCUT2D eigenvalue weighted by Crippen LogP contribution is 2.31. The Hall–Kier alpha value is -1.85. The second-order valence-corrected chi connectivity index (χ2v) is 8.21. The lowest BCUT2D eigenvalue weighted by atomic mass is 9.87. The highest BCUT2D eigenvalue weighted by atomic mass is 79.9. The number of ketones is 1. The van der Waals surface area contributed by atoms with E-state index < -0.39 is 0 Å². The van der Waals surface area contributed by atoms with Crippen molar-refractivity contribution in [2.45, 2.75) is 19.3 Å². The molecule has 140 valence electrons. The molecule has 1 fully saturated rings. The van der Waals surface area contributed by atoms with Crippen LogP contribution >= 0.6 is 31.9 Å². The van der Waals surface area contributed by atoms with Crippen molar-refractivity contribution in [3.8, 4) is 0 Å². The van der Waals surface area contributed by atoms with E-state index in [2.05, 4.69) is 42.5 Å². The van der Waals surface area contributed by atoms with Crippen molar-refractivity contribution >= 4 is 61.2 Å². The van der Waals surface area contributed by atoms with Gasteiger partial charge in [0, 0.05) is 45.6 Å². The zero-order valence-electron chi connectivity index (χ0n) is 15.4. The smallest absolute Gasteiger partial charge is 0.185 e. The molecule has 2 aromatic carbocycles. The predicted molar refractivity (Wildman–Crippen MR) is 122 cm³/mol. The zero-order chi connectivity index (χ0) is 19.4. The minimum absolute atomic E-state index is 0.156. The Labute approximate surface area is 177 Å². The van der Waals surface area contributed by atoms with E-state index in [4.69, 9.17) is 0 Å². The van der Waals surface area contributed by atoms with Gasteiger partial charge in [-0.05, 0) is 98.7 Å². The van der Waals surface area contributed by atoms with Crippen LogP contribution in [0, 0.1) is 0 Å². The van der Waals surface area contributed by atoms with E-state index >= 15 is 0 Å². The Balaban J connectivity index is 1.87. The van der Waals surface area contributed by atoms with Crippen molar-refractivity contribution in [2.75, 3.05) is 24.7 Å². The Morgan fingerprint density at radius 1 is 0.815 bits per heavy atom. The summed E-state index contributed by atoms with van der Waals surface area (Å²) in [4.78, 5) is 13.0. The zero-order valence-corrected chi connectivity index (χ0v) is 18.6. The number of benzene rings is 2. The predicted octanol–water partition coefficient (Wildman–Crippen LogP) is 6.52. The van der Waals surface area contributed by atoms with E-state index in [0.29, 0.717) is 0 Å². The number of anilines is 2. The van der Waals surface area contributed by atoms with Crippen molar-refractivity contribution in [1.29, 1.82) is 0 Å². The van der Waals surface area contributed by atoms with Crippen molar-refractivity contribution in [3.63, 3.8) is 0 Å². The van der Waals surface area contributed by atoms with Gasteiger partial charge in [0.05, 0.1) is 0 Å². The molecule has 2 N–H and O–H groups in total. The number of carbonyl (C=O) groups excluding carboxylic acids is 1. The number of Topliss-reactive ketones (excluding diaryl/α,β-unsaturated/α-hetero) is 1. The van der Waals surface area contributed by atoms with Crippen molar-refractivity contribution in [3.05, 3.63) is 67.6 Å². The van der Waals surface area contributed by atoms with Crippen LogP contribution in [0.25, 0.3) is 12.2 Å². The number of hydrogen-bond donors (Lipinski definition) is 2. The molecule has 0 saturated heterocycles. The fraction of sp³-hybridized carbons (Fsp3) is 0.227. The molecule has 2 aromatic rings. The summed E-state index contributed by atoms with van der Waals surface area (Å²) in [6.45, 7) is 0. The van der Waals surface area contributed by atoms with E-state index in [1.165, 1.54) is 0 Å². The lowest BCUT2D eigenvalue weighted by molar-refractivity contribution is -0.112. The van der Waals surface area contributed by atoms with Gasteiger partial charge in [0.2, 0.25) is 0 Å². The summed E-state index contributed by atoms with van der Waals surface area (Å²) in [5, 5.41) is 6.26. The van der Waals surface area contributed by atoms with Crippen LogP contribution in [0.2, 0.25) is 0 Å². The Morgan fingerprint density at radius 2 is 1.26 bits per heavy atom. The molecule has 0 aromatic heterocycles.